The number of aliphatic hydroxyl groups is 1. The van der Waals surface area contributed by atoms with E-state index in [9.17, 15) is 4.79 Å². The van der Waals surface area contributed by atoms with Gasteiger partial charge in [-0.3, -0.25) is 4.79 Å². The van der Waals surface area contributed by atoms with E-state index in [2.05, 4.69) is 0 Å². The van der Waals surface area contributed by atoms with Crippen molar-refractivity contribution in [1.29, 1.82) is 0 Å². The molecule has 0 radical (unpaired) electrons. The highest BCUT2D eigenvalue weighted by Crippen LogP contribution is 2.12. The molecule has 72 valence electrons. The number of thioether (sulfide) groups is 2. The van der Waals surface area contributed by atoms with Gasteiger partial charge in [0.2, 0.25) is 0 Å². The largest absolute Gasteiger partial charge is 0.396 e. The first-order valence-corrected chi connectivity index (χ1v) is 6.17. The highest BCUT2D eigenvalue weighted by molar-refractivity contribution is 8.14. The smallest absolute Gasteiger partial charge is 0.191 e. The lowest BCUT2D eigenvalue weighted by Crippen LogP contribution is -2.03. The summed E-state index contributed by atoms with van der Waals surface area (Å²) in [6.07, 6.45) is 0. The van der Waals surface area contributed by atoms with Crippen LogP contribution in [-0.4, -0.2) is 34.1 Å². The Morgan fingerprint density at radius 2 is 2.00 bits per heavy atom. The minimum Gasteiger partial charge on any atom is -0.396 e. The highest BCUT2D eigenvalue weighted by Gasteiger charge is 2.06. The minimum atomic E-state index is 0.137. The standard InChI is InChI=1S/C8H16O2S2/c1-7(2)8(10)12-6-5-11-4-3-9/h7,9H,3-6H2,1-2H3. The number of carbonyl (C=O) groups excluding carboxylic acids is 1. The second-order valence-corrected chi connectivity index (χ2v) is 4.98. The van der Waals surface area contributed by atoms with Crippen LogP contribution in [0, 0.1) is 5.92 Å². The number of rotatable bonds is 6. The van der Waals surface area contributed by atoms with E-state index in [0.29, 0.717) is 0 Å². The van der Waals surface area contributed by atoms with Crippen molar-refractivity contribution in [3.8, 4) is 0 Å². The molecule has 0 aliphatic heterocycles. The van der Waals surface area contributed by atoms with Gasteiger partial charge in [0.1, 0.15) is 0 Å². The van der Waals surface area contributed by atoms with E-state index in [0.717, 1.165) is 17.3 Å². The monoisotopic (exact) mass is 208 g/mol. The first-order valence-electron chi connectivity index (χ1n) is 4.03. The van der Waals surface area contributed by atoms with E-state index >= 15 is 0 Å². The van der Waals surface area contributed by atoms with Crippen LogP contribution in [0.15, 0.2) is 0 Å². The molecule has 2 nitrogen and oxygen atoms in total. The number of aliphatic hydroxyl groups excluding tert-OH is 1. The van der Waals surface area contributed by atoms with Crippen LogP contribution in [0.2, 0.25) is 0 Å². The molecule has 0 aromatic carbocycles. The van der Waals surface area contributed by atoms with Gasteiger partial charge in [-0.25, -0.2) is 0 Å². The van der Waals surface area contributed by atoms with Crippen molar-refractivity contribution < 1.29 is 9.90 Å². The quantitative estimate of drug-likeness (QED) is 0.673. The Hall–Kier alpha value is 0.330. The first kappa shape index (κ1) is 12.3. The van der Waals surface area contributed by atoms with Crippen molar-refractivity contribution in [2.24, 2.45) is 5.92 Å². The van der Waals surface area contributed by atoms with Crippen LogP contribution in [0.25, 0.3) is 0 Å². The fourth-order valence-corrected chi connectivity index (χ4v) is 2.21. The van der Waals surface area contributed by atoms with Crippen molar-refractivity contribution in [2.45, 2.75) is 13.8 Å². The molecule has 0 rings (SSSR count). The van der Waals surface area contributed by atoms with E-state index < -0.39 is 0 Å². The zero-order valence-corrected chi connectivity index (χ0v) is 9.21. The summed E-state index contributed by atoms with van der Waals surface area (Å²) < 4.78 is 0. The van der Waals surface area contributed by atoms with E-state index in [-0.39, 0.29) is 17.6 Å². The van der Waals surface area contributed by atoms with Crippen LogP contribution in [0.1, 0.15) is 13.8 Å². The second-order valence-electron chi connectivity index (χ2n) is 2.66. The number of hydrogen-bond acceptors (Lipinski definition) is 4. The zero-order chi connectivity index (χ0) is 9.40. The molecule has 0 fully saturated rings. The van der Waals surface area contributed by atoms with Crippen molar-refractivity contribution in [3.05, 3.63) is 0 Å². The molecule has 0 heterocycles. The molecule has 0 aliphatic carbocycles. The molecule has 0 bridgehead atoms. The summed E-state index contributed by atoms with van der Waals surface area (Å²) >= 11 is 3.08. The average molecular weight is 208 g/mol. The Labute approximate surface area is 82.5 Å². The molecule has 0 aliphatic rings. The predicted octanol–water partition coefficient (Wildman–Crippen LogP) is 1.63. The molecule has 12 heavy (non-hydrogen) atoms. The Bertz CT molecular complexity index is 126. The van der Waals surface area contributed by atoms with Gasteiger partial charge in [0.15, 0.2) is 5.12 Å². The Morgan fingerprint density at radius 1 is 1.33 bits per heavy atom. The molecule has 1 N–H and O–H groups in total. The van der Waals surface area contributed by atoms with Gasteiger partial charge in [0, 0.05) is 23.2 Å². The third-order valence-corrected chi connectivity index (χ3v) is 3.57. The molecule has 0 atom stereocenters. The average Bonchev–Trinajstić information content (AvgIpc) is 2.03. The SMILES string of the molecule is CC(C)C(=O)SCCSCCO. The fraction of sp³-hybridized carbons (Fsp3) is 0.875. The molecular weight excluding hydrogens is 192 g/mol. The van der Waals surface area contributed by atoms with Gasteiger partial charge in [-0.2, -0.15) is 11.8 Å². The summed E-state index contributed by atoms with van der Waals surface area (Å²) in [6, 6.07) is 0. The lowest BCUT2D eigenvalue weighted by atomic mass is 10.3. The molecule has 0 unspecified atom stereocenters. The maximum Gasteiger partial charge on any atom is 0.191 e. The lowest BCUT2D eigenvalue weighted by Gasteiger charge is -2.02. The molecule has 0 amide bonds. The van der Waals surface area contributed by atoms with Gasteiger partial charge in [-0.1, -0.05) is 25.6 Å². The topological polar surface area (TPSA) is 37.3 Å². The van der Waals surface area contributed by atoms with E-state index in [4.69, 9.17) is 5.11 Å². The third-order valence-electron chi connectivity index (χ3n) is 1.18. The Morgan fingerprint density at radius 3 is 2.50 bits per heavy atom. The molecule has 0 aromatic heterocycles. The summed E-state index contributed by atoms with van der Waals surface area (Å²) in [5.41, 5.74) is 0. The van der Waals surface area contributed by atoms with Gasteiger partial charge >= 0.3 is 0 Å². The van der Waals surface area contributed by atoms with Gasteiger partial charge in [-0.15, -0.1) is 0 Å². The van der Waals surface area contributed by atoms with E-state index in [1.165, 1.54) is 11.8 Å². The van der Waals surface area contributed by atoms with E-state index in [1.807, 2.05) is 13.8 Å². The molecule has 0 aromatic rings. The molecule has 0 spiro atoms. The molecule has 4 heteroatoms. The van der Waals surface area contributed by atoms with Gasteiger partial charge in [0.25, 0.3) is 0 Å². The van der Waals surface area contributed by atoms with Crippen LogP contribution in [-0.2, 0) is 4.79 Å². The lowest BCUT2D eigenvalue weighted by molar-refractivity contribution is -0.113. The van der Waals surface area contributed by atoms with Crippen LogP contribution in [0.5, 0.6) is 0 Å². The van der Waals surface area contributed by atoms with Crippen molar-refractivity contribution in [3.63, 3.8) is 0 Å². The second kappa shape index (κ2) is 7.95. The van der Waals surface area contributed by atoms with Crippen LogP contribution >= 0.6 is 23.5 Å². The summed E-state index contributed by atoms with van der Waals surface area (Å²) in [6.45, 7) is 4.06. The normalized spacial score (nSPS) is 10.7. The fourth-order valence-electron chi connectivity index (χ4n) is 0.534. The van der Waals surface area contributed by atoms with Crippen LogP contribution in [0.4, 0.5) is 0 Å². The predicted molar refractivity (Wildman–Crippen MR) is 56.7 cm³/mol. The summed E-state index contributed by atoms with van der Waals surface area (Å²) in [4.78, 5) is 11.1. The van der Waals surface area contributed by atoms with Crippen molar-refractivity contribution >= 4 is 28.6 Å². The first-order chi connectivity index (χ1) is 5.68. The minimum absolute atomic E-state index is 0.137. The number of carbonyl (C=O) groups is 1. The number of hydrogen-bond donors (Lipinski definition) is 1. The summed E-state index contributed by atoms with van der Waals surface area (Å²) in [5.74, 6) is 2.72. The van der Waals surface area contributed by atoms with Crippen molar-refractivity contribution in [2.75, 3.05) is 23.9 Å². The third kappa shape index (κ3) is 7.00. The van der Waals surface area contributed by atoms with Crippen LogP contribution in [0.3, 0.4) is 0 Å². The maximum absolute atomic E-state index is 11.1. The zero-order valence-electron chi connectivity index (χ0n) is 7.58. The van der Waals surface area contributed by atoms with Gasteiger partial charge in [-0.05, 0) is 0 Å². The van der Waals surface area contributed by atoms with E-state index in [1.54, 1.807) is 11.8 Å². The van der Waals surface area contributed by atoms with Gasteiger partial charge in [0.05, 0.1) is 6.61 Å². The maximum atomic E-state index is 11.1. The summed E-state index contributed by atoms with van der Waals surface area (Å²) in [5, 5.41) is 8.73. The Balaban J connectivity index is 3.14. The summed E-state index contributed by atoms with van der Waals surface area (Å²) in [7, 11) is 0. The molecular formula is C8H16O2S2. The Kier molecular flexibility index (Phi) is 8.17. The van der Waals surface area contributed by atoms with Gasteiger partial charge < -0.3 is 5.11 Å². The van der Waals surface area contributed by atoms with Crippen molar-refractivity contribution in [1.82, 2.24) is 0 Å². The van der Waals surface area contributed by atoms with Crippen LogP contribution < -0.4 is 0 Å². The highest BCUT2D eigenvalue weighted by atomic mass is 32.2. The molecule has 0 saturated heterocycles. The molecule has 0 saturated carbocycles.